The standard InChI is InChI=1S/C22H22Cl2FN3O4/c1-13(7-8-26-21(29)12-31-15-4-5-16(24)17(25)10-15)27-22(30)20-11-28(2)18-9-14(23)3-6-19(18)32-20/h3-6,9-10,20H,1,7-8,11-12H2,2H3,(H,26,29)(H,27,30)/t20-/m0/s1. The van der Waals surface area contributed by atoms with Gasteiger partial charge >= 0.3 is 0 Å². The highest BCUT2D eigenvalue weighted by molar-refractivity contribution is 6.31. The Morgan fingerprint density at radius 3 is 2.81 bits per heavy atom. The molecule has 2 amide bonds. The Balaban J connectivity index is 1.39. The number of carbonyl (C=O) groups excluding carboxylic acids is 2. The number of nitrogens with one attached hydrogen (secondary N) is 2. The minimum absolute atomic E-state index is 0.0266. The fraction of sp³-hybridized carbons (Fsp3) is 0.273. The Bertz CT molecular complexity index is 1030. The van der Waals surface area contributed by atoms with Crippen LogP contribution in [0.1, 0.15) is 6.42 Å². The van der Waals surface area contributed by atoms with Crippen LogP contribution >= 0.6 is 23.2 Å². The van der Waals surface area contributed by atoms with Gasteiger partial charge in [0.2, 0.25) is 0 Å². The maximum atomic E-state index is 13.4. The minimum Gasteiger partial charge on any atom is -0.484 e. The summed E-state index contributed by atoms with van der Waals surface area (Å²) < 4.78 is 24.4. The van der Waals surface area contributed by atoms with Gasteiger partial charge in [-0.15, -0.1) is 0 Å². The number of amides is 2. The van der Waals surface area contributed by atoms with Crippen molar-refractivity contribution in [2.45, 2.75) is 12.5 Å². The molecule has 2 aromatic rings. The average molecular weight is 482 g/mol. The molecule has 2 aromatic carbocycles. The molecule has 1 aliphatic heterocycles. The van der Waals surface area contributed by atoms with Gasteiger partial charge in [0.1, 0.15) is 17.3 Å². The van der Waals surface area contributed by atoms with Crippen molar-refractivity contribution < 1.29 is 23.5 Å². The Morgan fingerprint density at radius 2 is 2.06 bits per heavy atom. The molecule has 0 aliphatic carbocycles. The Morgan fingerprint density at radius 1 is 1.28 bits per heavy atom. The highest BCUT2D eigenvalue weighted by Crippen LogP contribution is 2.34. The molecule has 1 atom stereocenters. The van der Waals surface area contributed by atoms with Crippen LogP contribution in [0.25, 0.3) is 0 Å². The van der Waals surface area contributed by atoms with E-state index in [4.69, 9.17) is 32.7 Å². The van der Waals surface area contributed by atoms with Crippen LogP contribution in [-0.4, -0.2) is 44.7 Å². The molecule has 2 N–H and O–H groups in total. The summed E-state index contributed by atoms with van der Waals surface area (Å²) in [6.07, 6.45) is -0.393. The lowest BCUT2D eigenvalue weighted by molar-refractivity contribution is -0.127. The minimum atomic E-state index is -0.715. The monoisotopic (exact) mass is 481 g/mol. The lowest BCUT2D eigenvalue weighted by atomic mass is 10.2. The number of hydrogen-bond donors (Lipinski definition) is 2. The van der Waals surface area contributed by atoms with E-state index in [1.165, 1.54) is 12.1 Å². The zero-order valence-corrected chi connectivity index (χ0v) is 18.8. The Hall–Kier alpha value is -2.97. The van der Waals surface area contributed by atoms with Crippen molar-refractivity contribution in [2.24, 2.45) is 0 Å². The summed E-state index contributed by atoms with van der Waals surface area (Å²) in [5.74, 6) is -0.590. The van der Waals surface area contributed by atoms with Crippen LogP contribution in [-0.2, 0) is 9.59 Å². The number of rotatable bonds is 8. The molecule has 0 unspecified atom stereocenters. The quantitative estimate of drug-likeness (QED) is 0.602. The molecule has 0 spiro atoms. The van der Waals surface area contributed by atoms with E-state index in [0.29, 0.717) is 29.4 Å². The summed E-state index contributed by atoms with van der Waals surface area (Å²) >= 11 is 11.6. The average Bonchev–Trinajstić information content (AvgIpc) is 2.75. The zero-order valence-electron chi connectivity index (χ0n) is 17.3. The molecule has 1 heterocycles. The Labute approximate surface area is 195 Å². The van der Waals surface area contributed by atoms with Gasteiger partial charge in [-0.2, -0.15) is 0 Å². The number of benzene rings is 2. The van der Waals surface area contributed by atoms with Crippen LogP contribution in [0.2, 0.25) is 10.0 Å². The lowest BCUT2D eigenvalue weighted by Crippen LogP contribution is -2.47. The fourth-order valence-corrected chi connectivity index (χ4v) is 3.28. The predicted octanol–water partition coefficient (Wildman–Crippen LogP) is 3.54. The van der Waals surface area contributed by atoms with E-state index in [1.54, 1.807) is 18.2 Å². The van der Waals surface area contributed by atoms with Crippen LogP contribution in [0.15, 0.2) is 48.7 Å². The van der Waals surface area contributed by atoms with Crippen LogP contribution < -0.4 is 25.0 Å². The van der Waals surface area contributed by atoms with Crippen molar-refractivity contribution in [1.29, 1.82) is 0 Å². The summed E-state index contributed by atoms with van der Waals surface area (Å²) in [6, 6.07) is 9.11. The van der Waals surface area contributed by atoms with Crippen molar-refractivity contribution in [3.63, 3.8) is 0 Å². The van der Waals surface area contributed by atoms with Gasteiger partial charge in [0.15, 0.2) is 12.7 Å². The topological polar surface area (TPSA) is 79.9 Å². The molecule has 7 nitrogen and oxygen atoms in total. The molecule has 0 saturated heterocycles. The van der Waals surface area contributed by atoms with Gasteiger partial charge in [0.25, 0.3) is 11.8 Å². The van der Waals surface area contributed by atoms with Crippen molar-refractivity contribution in [2.75, 3.05) is 31.6 Å². The van der Waals surface area contributed by atoms with Crippen molar-refractivity contribution >= 4 is 40.7 Å². The second-order valence-corrected chi connectivity index (χ2v) is 8.00. The van der Waals surface area contributed by atoms with Crippen molar-refractivity contribution in [3.8, 4) is 11.5 Å². The van der Waals surface area contributed by atoms with Crippen molar-refractivity contribution in [1.82, 2.24) is 10.6 Å². The second-order valence-electron chi connectivity index (χ2n) is 7.16. The molecule has 3 rings (SSSR count). The number of halogens is 3. The molecular weight excluding hydrogens is 460 g/mol. The number of likely N-dealkylation sites (N-methyl/N-ethyl adjacent to an activating group) is 1. The molecule has 1 aliphatic rings. The number of ether oxygens (including phenoxy) is 2. The van der Waals surface area contributed by atoms with Crippen LogP contribution in [0.4, 0.5) is 10.1 Å². The van der Waals surface area contributed by atoms with Gasteiger partial charge < -0.3 is 25.0 Å². The van der Waals surface area contributed by atoms with E-state index >= 15 is 0 Å². The summed E-state index contributed by atoms with van der Waals surface area (Å²) in [4.78, 5) is 26.3. The first kappa shape index (κ1) is 23.7. The summed E-state index contributed by atoms with van der Waals surface area (Å²) in [5.41, 5.74) is 1.25. The third-order valence-electron chi connectivity index (χ3n) is 4.64. The normalized spacial score (nSPS) is 14.8. The molecule has 10 heteroatoms. The summed E-state index contributed by atoms with van der Waals surface area (Å²) in [5, 5.41) is 5.91. The first-order valence-corrected chi connectivity index (χ1v) is 10.5. The van der Waals surface area contributed by atoms with Crippen LogP contribution in [0.3, 0.4) is 0 Å². The molecule has 0 aromatic heterocycles. The fourth-order valence-electron chi connectivity index (χ4n) is 3.00. The summed E-state index contributed by atoms with van der Waals surface area (Å²) in [7, 11) is 1.85. The molecule has 170 valence electrons. The zero-order chi connectivity index (χ0) is 23.3. The van der Waals surface area contributed by atoms with Crippen LogP contribution in [0, 0.1) is 5.82 Å². The third-order valence-corrected chi connectivity index (χ3v) is 5.19. The van der Waals surface area contributed by atoms with Gasteiger partial charge in [-0.1, -0.05) is 29.8 Å². The van der Waals surface area contributed by atoms with E-state index < -0.39 is 17.8 Å². The van der Waals surface area contributed by atoms with Gasteiger partial charge in [-0.3, -0.25) is 9.59 Å². The highest BCUT2D eigenvalue weighted by Gasteiger charge is 2.29. The van der Waals surface area contributed by atoms with Gasteiger partial charge in [-0.05, 0) is 30.3 Å². The molecular formula is C22H22Cl2FN3O4. The molecule has 0 fully saturated rings. The number of anilines is 1. The maximum Gasteiger partial charge on any atom is 0.267 e. The van der Waals surface area contributed by atoms with E-state index in [1.807, 2.05) is 11.9 Å². The van der Waals surface area contributed by atoms with Gasteiger partial charge in [0, 0.05) is 36.8 Å². The van der Waals surface area contributed by atoms with Crippen molar-refractivity contribution in [3.05, 3.63) is 64.5 Å². The number of nitrogens with zero attached hydrogens (tertiary/aromatic N) is 1. The largest absolute Gasteiger partial charge is 0.484 e. The number of carbonyl (C=O) groups is 2. The maximum absolute atomic E-state index is 13.4. The Kier molecular flexibility index (Phi) is 7.82. The smallest absolute Gasteiger partial charge is 0.267 e. The lowest BCUT2D eigenvalue weighted by Gasteiger charge is -2.33. The number of hydrogen-bond acceptors (Lipinski definition) is 5. The first-order chi connectivity index (χ1) is 15.2. The molecule has 0 radical (unpaired) electrons. The highest BCUT2D eigenvalue weighted by atomic mass is 35.5. The molecule has 0 bridgehead atoms. The SMILES string of the molecule is C=C(CCNC(=O)COc1ccc(Cl)c(F)c1)NC(=O)[C@@H]1CN(C)c2cc(Cl)ccc2O1. The number of fused-ring (bicyclic) bond motifs is 1. The second kappa shape index (κ2) is 10.6. The van der Waals surface area contributed by atoms with Gasteiger partial charge in [0.05, 0.1) is 17.3 Å². The van der Waals surface area contributed by atoms with Crippen LogP contribution in [0.5, 0.6) is 11.5 Å². The van der Waals surface area contributed by atoms with E-state index in [9.17, 15) is 14.0 Å². The van der Waals surface area contributed by atoms with Gasteiger partial charge in [-0.25, -0.2) is 4.39 Å². The van der Waals surface area contributed by atoms with E-state index in [0.717, 1.165) is 11.8 Å². The molecule has 32 heavy (non-hydrogen) atoms. The van der Waals surface area contributed by atoms with E-state index in [2.05, 4.69) is 17.2 Å². The summed E-state index contributed by atoms with van der Waals surface area (Å²) in [6.45, 7) is 4.12. The third kappa shape index (κ3) is 6.27. The first-order valence-electron chi connectivity index (χ1n) is 9.73. The van der Waals surface area contributed by atoms with E-state index in [-0.39, 0.29) is 29.8 Å². The predicted molar refractivity (Wildman–Crippen MR) is 121 cm³/mol. The molecule has 0 saturated carbocycles.